The fraction of sp³-hybridized carbons (Fsp3) is 0.889. The van der Waals surface area contributed by atoms with Crippen molar-refractivity contribution in [3.8, 4) is 0 Å². The van der Waals surface area contributed by atoms with Crippen LogP contribution in [0.1, 0.15) is 232 Å². The van der Waals surface area contributed by atoms with Crippen molar-refractivity contribution >= 4 is 5.91 Å². The number of aliphatic hydroxyl groups excluding tert-OH is 3. The van der Waals surface area contributed by atoms with Crippen molar-refractivity contribution in [2.75, 3.05) is 6.61 Å². The smallest absolute Gasteiger partial charge is 0.249 e. The number of carbonyl (C=O) groups excluding carboxylic acids is 1. The van der Waals surface area contributed by atoms with Gasteiger partial charge in [0.15, 0.2) is 0 Å². The quantitative estimate of drug-likeness (QED) is 0.0377. The van der Waals surface area contributed by atoms with E-state index in [0.717, 1.165) is 38.5 Å². The maximum Gasteiger partial charge on any atom is 0.249 e. The van der Waals surface area contributed by atoms with Gasteiger partial charge in [0.2, 0.25) is 5.91 Å². The fourth-order valence-electron chi connectivity index (χ4n) is 6.79. The van der Waals surface area contributed by atoms with Gasteiger partial charge in [0.05, 0.1) is 18.8 Å². The average molecular weight is 706 g/mol. The minimum Gasteiger partial charge on any atom is -0.394 e. The molecule has 0 spiro atoms. The molecule has 0 bridgehead atoms. The van der Waals surface area contributed by atoms with Gasteiger partial charge in [-0.1, -0.05) is 224 Å². The van der Waals surface area contributed by atoms with Crippen molar-refractivity contribution in [2.24, 2.45) is 0 Å². The third-order valence-corrected chi connectivity index (χ3v) is 10.3. The summed E-state index contributed by atoms with van der Waals surface area (Å²) in [6, 6.07) is -0.810. The number of hydrogen-bond donors (Lipinski definition) is 4. The van der Waals surface area contributed by atoms with Crippen molar-refractivity contribution < 1.29 is 20.1 Å². The molecule has 0 aliphatic rings. The summed E-state index contributed by atoms with van der Waals surface area (Å²) < 4.78 is 0. The highest BCUT2D eigenvalue weighted by Crippen LogP contribution is 2.16. The van der Waals surface area contributed by atoms with E-state index in [2.05, 4.69) is 31.3 Å². The van der Waals surface area contributed by atoms with Crippen LogP contribution in [0.3, 0.4) is 0 Å². The number of allylic oxidation sites excluding steroid dienone is 3. The molecule has 0 heterocycles. The summed E-state index contributed by atoms with van der Waals surface area (Å²) in [7, 11) is 0. The Morgan fingerprint density at radius 2 is 0.820 bits per heavy atom. The van der Waals surface area contributed by atoms with E-state index < -0.39 is 24.2 Å². The van der Waals surface area contributed by atoms with Gasteiger partial charge in [-0.15, -0.1) is 0 Å². The number of rotatable bonds is 40. The first kappa shape index (κ1) is 48.8. The number of hydrogen-bond acceptors (Lipinski definition) is 4. The molecule has 0 aromatic rings. The van der Waals surface area contributed by atoms with Crippen molar-refractivity contribution in [3.63, 3.8) is 0 Å². The molecule has 0 rings (SSSR count). The van der Waals surface area contributed by atoms with E-state index in [1.54, 1.807) is 6.08 Å². The predicted octanol–water partition coefficient (Wildman–Crippen LogP) is 12.6. The minimum absolute atomic E-state index is 0.373. The van der Waals surface area contributed by atoms with Crippen molar-refractivity contribution in [2.45, 2.75) is 250 Å². The fourth-order valence-corrected chi connectivity index (χ4v) is 6.79. The molecule has 0 aromatic heterocycles. The van der Waals surface area contributed by atoms with Crippen LogP contribution in [0.15, 0.2) is 24.3 Å². The zero-order valence-corrected chi connectivity index (χ0v) is 33.5. The summed E-state index contributed by atoms with van der Waals surface area (Å²) in [5.41, 5.74) is 0. The van der Waals surface area contributed by atoms with Crippen LogP contribution < -0.4 is 5.32 Å². The molecule has 1 amide bonds. The maximum absolute atomic E-state index is 12.5. The first-order valence-corrected chi connectivity index (χ1v) is 22.2. The summed E-state index contributed by atoms with van der Waals surface area (Å²) in [6.45, 7) is 4.18. The van der Waals surface area contributed by atoms with Crippen LogP contribution in [-0.2, 0) is 4.79 Å². The van der Waals surface area contributed by atoms with E-state index in [9.17, 15) is 20.1 Å². The molecule has 5 heteroatoms. The largest absolute Gasteiger partial charge is 0.394 e. The normalized spacial score (nSPS) is 13.8. The van der Waals surface area contributed by atoms with E-state index in [1.807, 2.05) is 6.08 Å². The third kappa shape index (κ3) is 35.2. The molecule has 5 nitrogen and oxygen atoms in total. The first-order valence-electron chi connectivity index (χ1n) is 22.2. The molecule has 0 aliphatic heterocycles. The summed E-state index contributed by atoms with van der Waals surface area (Å²) in [5, 5.41) is 33.1. The van der Waals surface area contributed by atoms with Crippen LogP contribution in [0.25, 0.3) is 0 Å². The average Bonchev–Trinajstić information content (AvgIpc) is 3.12. The lowest BCUT2D eigenvalue weighted by atomic mass is 10.0. The first-order chi connectivity index (χ1) is 24.6. The van der Waals surface area contributed by atoms with Crippen LogP contribution in [-0.4, -0.2) is 46.1 Å². The highest BCUT2D eigenvalue weighted by Gasteiger charge is 2.22. The molecule has 0 saturated carbocycles. The SMILES string of the molecule is CCCCCCCCCCC/C=C/CC/C=C/C(O)C(CO)NC(=O)C(O)CCCCCCCCCCCCCCCCCCCCCCC. The highest BCUT2D eigenvalue weighted by molar-refractivity contribution is 5.80. The van der Waals surface area contributed by atoms with Gasteiger partial charge >= 0.3 is 0 Å². The Bertz CT molecular complexity index is 739. The van der Waals surface area contributed by atoms with Crippen LogP contribution in [0, 0.1) is 0 Å². The van der Waals surface area contributed by atoms with E-state index in [-0.39, 0.29) is 6.61 Å². The molecule has 0 fully saturated rings. The summed E-state index contributed by atoms with van der Waals surface area (Å²) in [4.78, 5) is 12.5. The second kappa shape index (κ2) is 40.6. The molecule has 4 N–H and O–H groups in total. The second-order valence-corrected chi connectivity index (χ2v) is 15.3. The van der Waals surface area contributed by atoms with E-state index >= 15 is 0 Å². The Morgan fingerprint density at radius 1 is 0.480 bits per heavy atom. The standard InChI is InChI=1S/C45H87NO4/c1-3-5-7-9-11-13-15-17-19-20-21-22-23-24-26-28-30-32-34-36-38-40-44(49)45(50)46-42(41-47)43(48)39-37-35-33-31-29-27-25-18-16-14-12-10-8-6-4-2/h29,31,37,39,42-44,47-49H,3-28,30,32-36,38,40-41H2,1-2H3,(H,46,50)/b31-29+,39-37+. The third-order valence-electron chi connectivity index (χ3n) is 10.3. The van der Waals surface area contributed by atoms with Crippen molar-refractivity contribution in [1.82, 2.24) is 5.32 Å². The number of carbonyl (C=O) groups is 1. The van der Waals surface area contributed by atoms with Gasteiger partial charge in [-0.3, -0.25) is 4.79 Å². The molecular weight excluding hydrogens is 618 g/mol. The van der Waals surface area contributed by atoms with Crippen LogP contribution >= 0.6 is 0 Å². The molecule has 3 atom stereocenters. The van der Waals surface area contributed by atoms with Gasteiger partial charge in [0.25, 0.3) is 0 Å². The number of amides is 1. The number of unbranched alkanes of at least 4 members (excludes halogenated alkanes) is 30. The maximum atomic E-state index is 12.5. The lowest BCUT2D eigenvalue weighted by Crippen LogP contribution is -2.48. The van der Waals surface area contributed by atoms with E-state index in [1.165, 1.54) is 173 Å². The Hall–Kier alpha value is -1.17. The summed E-state index contributed by atoms with van der Waals surface area (Å²) >= 11 is 0. The molecule has 0 saturated heterocycles. The lowest BCUT2D eigenvalue weighted by Gasteiger charge is -2.21. The van der Waals surface area contributed by atoms with Gasteiger partial charge in [0, 0.05) is 0 Å². The topological polar surface area (TPSA) is 89.8 Å². The molecule has 0 radical (unpaired) electrons. The van der Waals surface area contributed by atoms with Crippen LogP contribution in [0.4, 0.5) is 0 Å². The minimum atomic E-state index is -1.10. The van der Waals surface area contributed by atoms with Crippen LogP contribution in [0.2, 0.25) is 0 Å². The van der Waals surface area contributed by atoms with Gasteiger partial charge in [-0.2, -0.15) is 0 Å². The van der Waals surface area contributed by atoms with E-state index in [4.69, 9.17) is 0 Å². The monoisotopic (exact) mass is 706 g/mol. The second-order valence-electron chi connectivity index (χ2n) is 15.3. The lowest BCUT2D eigenvalue weighted by molar-refractivity contribution is -0.131. The molecule has 0 aliphatic carbocycles. The molecule has 50 heavy (non-hydrogen) atoms. The molecule has 0 aromatic carbocycles. The van der Waals surface area contributed by atoms with Crippen molar-refractivity contribution in [1.29, 1.82) is 0 Å². The van der Waals surface area contributed by atoms with Crippen molar-refractivity contribution in [3.05, 3.63) is 24.3 Å². The number of aliphatic hydroxyl groups is 3. The molecule has 3 unspecified atom stereocenters. The van der Waals surface area contributed by atoms with Gasteiger partial charge in [-0.05, 0) is 32.1 Å². The Morgan fingerprint density at radius 3 is 1.22 bits per heavy atom. The Kier molecular flexibility index (Phi) is 39.6. The summed E-state index contributed by atoms with van der Waals surface area (Å²) in [5.74, 6) is -0.510. The molecule has 296 valence electrons. The summed E-state index contributed by atoms with van der Waals surface area (Å²) in [6.07, 6.45) is 49.3. The van der Waals surface area contributed by atoms with Crippen LogP contribution in [0.5, 0.6) is 0 Å². The Labute approximate surface area is 312 Å². The van der Waals surface area contributed by atoms with E-state index in [0.29, 0.717) is 6.42 Å². The predicted molar refractivity (Wildman–Crippen MR) is 218 cm³/mol. The molecular formula is C45H87NO4. The zero-order chi connectivity index (χ0) is 36.6. The number of nitrogens with one attached hydrogen (secondary N) is 1. The Balaban J connectivity index is 3.66. The zero-order valence-electron chi connectivity index (χ0n) is 33.5. The van der Waals surface area contributed by atoms with Gasteiger partial charge < -0.3 is 20.6 Å². The van der Waals surface area contributed by atoms with Gasteiger partial charge in [-0.25, -0.2) is 0 Å². The highest BCUT2D eigenvalue weighted by atomic mass is 16.3. The van der Waals surface area contributed by atoms with Gasteiger partial charge in [0.1, 0.15) is 6.10 Å².